The van der Waals surface area contributed by atoms with Gasteiger partial charge >= 0.3 is 0 Å². The third kappa shape index (κ3) is 2.87. The molecule has 1 aliphatic rings. The lowest BCUT2D eigenvalue weighted by molar-refractivity contribution is 0.0753. The number of hydrogen-bond donors (Lipinski definition) is 1. The maximum atomic E-state index is 13.1. The van der Waals surface area contributed by atoms with E-state index in [1.165, 1.54) is 12.1 Å². The fourth-order valence-corrected chi connectivity index (χ4v) is 3.83. The van der Waals surface area contributed by atoms with Crippen LogP contribution in [0.1, 0.15) is 10.4 Å². The zero-order valence-electron chi connectivity index (χ0n) is 12.0. The highest BCUT2D eigenvalue weighted by molar-refractivity contribution is 7.99. The first-order valence-electron chi connectivity index (χ1n) is 7.14. The number of carbonyl (C=O) groups excluding carboxylic acids is 1. The van der Waals surface area contributed by atoms with E-state index in [1.54, 1.807) is 23.9 Å². The van der Waals surface area contributed by atoms with Gasteiger partial charge in [-0.25, -0.2) is 4.39 Å². The summed E-state index contributed by atoms with van der Waals surface area (Å²) in [5.74, 6) is 1.24. The highest BCUT2D eigenvalue weighted by atomic mass is 32.2. The van der Waals surface area contributed by atoms with Crippen molar-refractivity contribution < 1.29 is 9.18 Å². The van der Waals surface area contributed by atoms with Gasteiger partial charge in [0.25, 0.3) is 5.91 Å². The number of amides is 1. The lowest BCUT2D eigenvalue weighted by atomic mass is 9.98. The molecule has 1 fully saturated rings. The summed E-state index contributed by atoms with van der Waals surface area (Å²) in [5, 5.41) is 0. The second-order valence-electron chi connectivity index (χ2n) is 5.22. The normalized spacial score (nSPS) is 17.7. The van der Waals surface area contributed by atoms with Crippen molar-refractivity contribution in [3.8, 4) is 11.1 Å². The predicted octanol–water partition coefficient (Wildman–Crippen LogP) is 2.97. The van der Waals surface area contributed by atoms with Crippen LogP contribution >= 0.6 is 11.8 Å². The average molecular weight is 316 g/mol. The van der Waals surface area contributed by atoms with E-state index in [0.29, 0.717) is 18.0 Å². The molecule has 114 valence electrons. The van der Waals surface area contributed by atoms with E-state index in [4.69, 9.17) is 5.73 Å². The first kappa shape index (κ1) is 15.1. The first-order chi connectivity index (χ1) is 10.7. The Morgan fingerprint density at radius 1 is 1.23 bits per heavy atom. The van der Waals surface area contributed by atoms with E-state index < -0.39 is 0 Å². The van der Waals surface area contributed by atoms with Gasteiger partial charge in [-0.3, -0.25) is 4.79 Å². The smallest absolute Gasteiger partial charge is 0.255 e. The molecule has 2 aromatic carbocycles. The summed E-state index contributed by atoms with van der Waals surface area (Å²) >= 11 is 1.72. The van der Waals surface area contributed by atoms with Crippen molar-refractivity contribution in [2.75, 3.05) is 18.2 Å². The topological polar surface area (TPSA) is 46.3 Å². The number of rotatable bonds is 3. The number of hydrogen-bond acceptors (Lipinski definition) is 3. The molecule has 22 heavy (non-hydrogen) atoms. The maximum absolute atomic E-state index is 13.1. The molecule has 1 heterocycles. The van der Waals surface area contributed by atoms with Crippen LogP contribution < -0.4 is 5.73 Å². The molecule has 0 saturated carbocycles. The maximum Gasteiger partial charge on any atom is 0.255 e. The number of thioether (sulfide) groups is 1. The van der Waals surface area contributed by atoms with E-state index in [2.05, 4.69) is 0 Å². The van der Waals surface area contributed by atoms with E-state index in [1.807, 2.05) is 29.2 Å². The van der Waals surface area contributed by atoms with Crippen molar-refractivity contribution in [3.05, 3.63) is 59.9 Å². The quantitative estimate of drug-likeness (QED) is 0.947. The average Bonchev–Trinajstić information content (AvgIpc) is 3.03. The predicted molar refractivity (Wildman–Crippen MR) is 88.2 cm³/mol. The van der Waals surface area contributed by atoms with Crippen molar-refractivity contribution in [3.63, 3.8) is 0 Å². The highest BCUT2D eigenvalue weighted by Crippen LogP contribution is 2.28. The van der Waals surface area contributed by atoms with Crippen LogP contribution in [0.4, 0.5) is 4.39 Å². The molecule has 0 radical (unpaired) electrons. The van der Waals surface area contributed by atoms with Gasteiger partial charge < -0.3 is 10.6 Å². The van der Waals surface area contributed by atoms with Crippen LogP contribution in [0, 0.1) is 5.82 Å². The van der Waals surface area contributed by atoms with Gasteiger partial charge in [-0.2, -0.15) is 0 Å². The summed E-state index contributed by atoms with van der Waals surface area (Å²) in [6.45, 7) is 0.470. The highest BCUT2D eigenvalue weighted by Gasteiger charge is 2.29. The molecule has 0 aromatic heterocycles. The zero-order chi connectivity index (χ0) is 15.5. The fraction of sp³-hybridized carbons (Fsp3) is 0.235. The van der Waals surface area contributed by atoms with Gasteiger partial charge in [0, 0.05) is 17.9 Å². The molecule has 0 spiro atoms. The van der Waals surface area contributed by atoms with Crippen LogP contribution in [0.2, 0.25) is 0 Å². The summed E-state index contributed by atoms with van der Waals surface area (Å²) in [6, 6.07) is 13.7. The van der Waals surface area contributed by atoms with Gasteiger partial charge in [0.15, 0.2) is 0 Å². The number of nitrogens with two attached hydrogens (primary N) is 1. The van der Waals surface area contributed by atoms with E-state index >= 15 is 0 Å². The van der Waals surface area contributed by atoms with Gasteiger partial charge in [-0.1, -0.05) is 30.3 Å². The molecule has 2 N–H and O–H groups in total. The molecule has 1 atom stereocenters. The van der Waals surface area contributed by atoms with Gasteiger partial charge in [0.2, 0.25) is 0 Å². The molecular weight excluding hydrogens is 299 g/mol. The Morgan fingerprint density at radius 3 is 2.68 bits per heavy atom. The molecule has 0 bridgehead atoms. The lowest BCUT2D eigenvalue weighted by Gasteiger charge is -2.23. The minimum absolute atomic E-state index is 0.0135. The zero-order valence-corrected chi connectivity index (χ0v) is 12.9. The summed E-state index contributed by atoms with van der Waals surface area (Å²) in [5.41, 5.74) is 8.05. The van der Waals surface area contributed by atoms with Crippen molar-refractivity contribution in [1.29, 1.82) is 0 Å². The molecule has 3 rings (SSSR count). The van der Waals surface area contributed by atoms with Gasteiger partial charge in [0.1, 0.15) is 5.82 Å². The minimum atomic E-state index is -0.285. The Hall–Kier alpha value is -1.85. The molecule has 1 saturated heterocycles. The standard InChI is InChI=1S/C17H17FN2OS/c18-13-7-5-12(6-8-13)15-3-1-2-4-16(15)17(21)20-11-22-10-14(20)9-19/h1-8,14H,9-11,19H2/t14-/m1/s1. The molecule has 1 aliphatic heterocycles. The third-order valence-corrected chi connectivity index (χ3v) is 4.91. The molecular formula is C17H17FN2OS. The summed E-state index contributed by atoms with van der Waals surface area (Å²) < 4.78 is 13.1. The Labute approximate surface area is 133 Å². The Morgan fingerprint density at radius 2 is 1.95 bits per heavy atom. The molecule has 1 amide bonds. The Bertz CT molecular complexity index is 675. The van der Waals surface area contributed by atoms with Crippen molar-refractivity contribution in [2.24, 2.45) is 5.73 Å². The lowest BCUT2D eigenvalue weighted by Crippen LogP contribution is -2.41. The van der Waals surface area contributed by atoms with Gasteiger partial charge in [-0.15, -0.1) is 11.8 Å². The fourth-order valence-electron chi connectivity index (χ4n) is 2.61. The van der Waals surface area contributed by atoms with Crippen LogP contribution in [0.3, 0.4) is 0 Å². The third-order valence-electron chi connectivity index (χ3n) is 3.83. The van der Waals surface area contributed by atoms with Crippen LogP contribution in [-0.4, -0.2) is 35.0 Å². The molecule has 0 aliphatic carbocycles. The van der Waals surface area contributed by atoms with Gasteiger partial charge in [-0.05, 0) is 29.3 Å². The Balaban J connectivity index is 1.97. The van der Waals surface area contributed by atoms with Crippen LogP contribution in [0.25, 0.3) is 11.1 Å². The van der Waals surface area contributed by atoms with Crippen molar-refractivity contribution in [2.45, 2.75) is 6.04 Å². The van der Waals surface area contributed by atoms with E-state index in [-0.39, 0.29) is 17.8 Å². The van der Waals surface area contributed by atoms with Crippen molar-refractivity contribution >= 4 is 17.7 Å². The Kier molecular flexibility index (Phi) is 4.45. The van der Waals surface area contributed by atoms with E-state index in [9.17, 15) is 9.18 Å². The SMILES string of the molecule is NC[C@@H]1CSCN1C(=O)c1ccccc1-c1ccc(F)cc1. The number of benzene rings is 2. The number of halogens is 1. The summed E-state index contributed by atoms with van der Waals surface area (Å²) in [6.07, 6.45) is 0. The summed E-state index contributed by atoms with van der Waals surface area (Å²) in [4.78, 5) is 14.7. The van der Waals surface area contributed by atoms with Crippen LogP contribution in [0.15, 0.2) is 48.5 Å². The van der Waals surface area contributed by atoms with E-state index in [0.717, 1.165) is 16.9 Å². The summed E-state index contributed by atoms with van der Waals surface area (Å²) in [7, 11) is 0. The second-order valence-corrected chi connectivity index (χ2v) is 6.22. The first-order valence-corrected chi connectivity index (χ1v) is 8.30. The van der Waals surface area contributed by atoms with Crippen LogP contribution in [-0.2, 0) is 0 Å². The van der Waals surface area contributed by atoms with Gasteiger partial charge in [0.05, 0.1) is 11.9 Å². The number of nitrogens with zero attached hydrogens (tertiary/aromatic N) is 1. The minimum Gasteiger partial charge on any atom is -0.328 e. The molecule has 3 nitrogen and oxygen atoms in total. The number of carbonyl (C=O) groups is 1. The molecule has 2 aromatic rings. The molecule has 5 heteroatoms. The van der Waals surface area contributed by atoms with Crippen LogP contribution in [0.5, 0.6) is 0 Å². The second kappa shape index (κ2) is 6.50. The molecule has 0 unspecified atom stereocenters. The monoisotopic (exact) mass is 316 g/mol. The largest absolute Gasteiger partial charge is 0.328 e. The van der Waals surface area contributed by atoms with Crippen molar-refractivity contribution in [1.82, 2.24) is 4.90 Å².